The predicted molar refractivity (Wildman–Crippen MR) is 84.9 cm³/mol. The average molecular weight is 269 g/mol. The molecule has 0 aliphatic heterocycles. The Morgan fingerprint density at radius 2 is 1.65 bits per heavy atom. The molecule has 0 bridgehead atoms. The molecule has 0 aromatic heterocycles. The fraction of sp³-hybridized carbons (Fsp3) is 0.333. The minimum absolute atomic E-state index is 0.215. The molecule has 0 amide bonds. The lowest BCUT2D eigenvalue weighted by Gasteiger charge is -2.16. The van der Waals surface area contributed by atoms with Gasteiger partial charge in [-0.3, -0.25) is 0 Å². The Bertz CT molecular complexity index is 546. The smallest absolute Gasteiger partial charge is 0.126 e. The van der Waals surface area contributed by atoms with E-state index in [0.717, 1.165) is 17.7 Å². The summed E-state index contributed by atoms with van der Waals surface area (Å²) in [6.45, 7) is 4.32. The summed E-state index contributed by atoms with van der Waals surface area (Å²) in [6.07, 6.45) is 0.921. The molecular formula is C18H23NO. The lowest BCUT2D eigenvalue weighted by molar-refractivity contribution is 0.416. The first-order chi connectivity index (χ1) is 9.61. The second-order valence-electron chi connectivity index (χ2n) is 5.51. The van der Waals surface area contributed by atoms with E-state index in [-0.39, 0.29) is 6.04 Å². The third-order valence-electron chi connectivity index (χ3n) is 3.70. The van der Waals surface area contributed by atoms with Gasteiger partial charge in [-0.25, -0.2) is 0 Å². The average Bonchev–Trinajstić information content (AvgIpc) is 2.48. The molecule has 0 aliphatic rings. The second-order valence-corrected chi connectivity index (χ2v) is 5.51. The number of hydrogen-bond donors (Lipinski definition) is 1. The van der Waals surface area contributed by atoms with Crippen LogP contribution < -0.4 is 10.5 Å². The Morgan fingerprint density at radius 1 is 1.00 bits per heavy atom. The van der Waals surface area contributed by atoms with Crippen molar-refractivity contribution in [2.45, 2.75) is 26.3 Å². The van der Waals surface area contributed by atoms with Gasteiger partial charge in [-0.15, -0.1) is 0 Å². The van der Waals surface area contributed by atoms with E-state index in [9.17, 15) is 0 Å². The number of benzene rings is 2. The number of hydrogen-bond acceptors (Lipinski definition) is 2. The van der Waals surface area contributed by atoms with Crippen molar-refractivity contribution in [2.75, 3.05) is 7.11 Å². The minimum atomic E-state index is 0.215. The molecule has 20 heavy (non-hydrogen) atoms. The normalized spacial score (nSPS) is 12.4. The molecule has 106 valence electrons. The van der Waals surface area contributed by atoms with Gasteiger partial charge in [0, 0.05) is 11.6 Å². The summed E-state index contributed by atoms with van der Waals surface area (Å²) in [7, 11) is 1.70. The monoisotopic (exact) mass is 269 g/mol. The van der Waals surface area contributed by atoms with E-state index in [1.807, 2.05) is 18.2 Å². The van der Waals surface area contributed by atoms with Crippen molar-refractivity contribution in [3.05, 3.63) is 54.1 Å². The largest absolute Gasteiger partial charge is 0.496 e. The molecule has 2 aromatic carbocycles. The Hall–Kier alpha value is -1.80. The van der Waals surface area contributed by atoms with Gasteiger partial charge in [0.2, 0.25) is 0 Å². The van der Waals surface area contributed by atoms with Crippen molar-refractivity contribution >= 4 is 0 Å². The summed E-state index contributed by atoms with van der Waals surface area (Å²) in [5.41, 5.74) is 9.70. The maximum absolute atomic E-state index is 6.12. The summed E-state index contributed by atoms with van der Waals surface area (Å²) in [5, 5.41) is 0. The fourth-order valence-electron chi connectivity index (χ4n) is 2.21. The fourth-order valence-corrected chi connectivity index (χ4v) is 2.21. The standard InChI is InChI=1S/C18H23NO/c1-13(2)17(19)12-14-8-10-15(11-9-14)16-6-4-5-7-18(16)20-3/h4-11,13,17H,12,19H2,1-3H3. The van der Waals surface area contributed by atoms with Gasteiger partial charge in [-0.2, -0.15) is 0 Å². The van der Waals surface area contributed by atoms with Gasteiger partial charge in [0.15, 0.2) is 0 Å². The Labute approximate surface area is 121 Å². The van der Waals surface area contributed by atoms with Crippen LogP contribution in [-0.2, 0) is 6.42 Å². The second kappa shape index (κ2) is 6.58. The van der Waals surface area contributed by atoms with Gasteiger partial charge in [0.25, 0.3) is 0 Å². The predicted octanol–water partition coefficient (Wildman–Crippen LogP) is 3.89. The van der Waals surface area contributed by atoms with E-state index < -0.39 is 0 Å². The van der Waals surface area contributed by atoms with Gasteiger partial charge in [-0.05, 0) is 29.5 Å². The van der Waals surface area contributed by atoms with Crippen LogP contribution in [0.5, 0.6) is 5.75 Å². The van der Waals surface area contributed by atoms with Crippen LogP contribution in [0.1, 0.15) is 19.4 Å². The number of para-hydroxylation sites is 1. The summed E-state index contributed by atoms with van der Waals surface area (Å²) >= 11 is 0. The van der Waals surface area contributed by atoms with Crippen LogP contribution in [0, 0.1) is 5.92 Å². The zero-order valence-corrected chi connectivity index (χ0v) is 12.5. The van der Waals surface area contributed by atoms with Crippen LogP contribution in [0.3, 0.4) is 0 Å². The molecule has 0 heterocycles. The minimum Gasteiger partial charge on any atom is -0.496 e. The van der Waals surface area contributed by atoms with Crippen LogP contribution in [0.4, 0.5) is 0 Å². The van der Waals surface area contributed by atoms with Gasteiger partial charge >= 0.3 is 0 Å². The van der Waals surface area contributed by atoms with Crippen molar-refractivity contribution in [3.8, 4) is 16.9 Å². The molecule has 0 spiro atoms. The SMILES string of the molecule is COc1ccccc1-c1ccc(CC(N)C(C)C)cc1. The Morgan fingerprint density at radius 3 is 2.25 bits per heavy atom. The third-order valence-corrected chi connectivity index (χ3v) is 3.70. The van der Waals surface area contributed by atoms with Crippen molar-refractivity contribution < 1.29 is 4.74 Å². The van der Waals surface area contributed by atoms with Crippen LogP contribution in [-0.4, -0.2) is 13.2 Å². The van der Waals surface area contributed by atoms with Gasteiger partial charge < -0.3 is 10.5 Å². The van der Waals surface area contributed by atoms with E-state index in [0.29, 0.717) is 5.92 Å². The molecule has 2 nitrogen and oxygen atoms in total. The van der Waals surface area contributed by atoms with Crippen molar-refractivity contribution in [3.63, 3.8) is 0 Å². The lowest BCUT2D eigenvalue weighted by Crippen LogP contribution is -2.28. The topological polar surface area (TPSA) is 35.2 Å². The number of rotatable bonds is 5. The Balaban J connectivity index is 2.20. The molecule has 0 saturated carbocycles. The molecule has 0 aliphatic carbocycles. The molecule has 2 rings (SSSR count). The molecule has 1 atom stereocenters. The molecule has 0 radical (unpaired) electrons. The molecule has 2 N–H and O–H groups in total. The first-order valence-electron chi connectivity index (χ1n) is 7.09. The van der Waals surface area contributed by atoms with E-state index in [2.05, 4.69) is 44.2 Å². The molecule has 2 aromatic rings. The highest BCUT2D eigenvalue weighted by atomic mass is 16.5. The summed E-state index contributed by atoms with van der Waals surface area (Å²) < 4.78 is 5.41. The van der Waals surface area contributed by atoms with Gasteiger partial charge in [0.05, 0.1) is 7.11 Å². The van der Waals surface area contributed by atoms with E-state index in [1.165, 1.54) is 11.1 Å². The Kier molecular flexibility index (Phi) is 4.80. The quantitative estimate of drug-likeness (QED) is 0.893. The zero-order chi connectivity index (χ0) is 14.5. The highest BCUT2D eigenvalue weighted by Crippen LogP contribution is 2.29. The van der Waals surface area contributed by atoms with Crippen LogP contribution >= 0.6 is 0 Å². The van der Waals surface area contributed by atoms with E-state index in [4.69, 9.17) is 10.5 Å². The third kappa shape index (κ3) is 3.40. The zero-order valence-electron chi connectivity index (χ0n) is 12.5. The maximum Gasteiger partial charge on any atom is 0.126 e. The number of ether oxygens (including phenoxy) is 1. The molecular weight excluding hydrogens is 246 g/mol. The molecule has 0 saturated heterocycles. The summed E-state index contributed by atoms with van der Waals surface area (Å²) in [4.78, 5) is 0. The van der Waals surface area contributed by atoms with E-state index >= 15 is 0 Å². The van der Waals surface area contributed by atoms with Crippen LogP contribution in [0.2, 0.25) is 0 Å². The molecule has 2 heteroatoms. The van der Waals surface area contributed by atoms with Crippen LogP contribution in [0.15, 0.2) is 48.5 Å². The van der Waals surface area contributed by atoms with Crippen molar-refractivity contribution in [1.29, 1.82) is 0 Å². The molecule has 1 unspecified atom stereocenters. The number of nitrogens with two attached hydrogens (primary N) is 1. The van der Waals surface area contributed by atoms with Crippen LogP contribution in [0.25, 0.3) is 11.1 Å². The first-order valence-corrected chi connectivity index (χ1v) is 7.09. The summed E-state index contributed by atoms with van der Waals surface area (Å²) in [6, 6.07) is 16.9. The highest BCUT2D eigenvalue weighted by molar-refractivity contribution is 5.70. The van der Waals surface area contributed by atoms with E-state index in [1.54, 1.807) is 7.11 Å². The maximum atomic E-state index is 6.12. The van der Waals surface area contributed by atoms with Gasteiger partial charge in [0.1, 0.15) is 5.75 Å². The van der Waals surface area contributed by atoms with Crippen molar-refractivity contribution in [2.24, 2.45) is 11.7 Å². The lowest BCUT2D eigenvalue weighted by atomic mass is 9.95. The highest BCUT2D eigenvalue weighted by Gasteiger charge is 2.09. The van der Waals surface area contributed by atoms with Gasteiger partial charge in [-0.1, -0.05) is 56.3 Å². The van der Waals surface area contributed by atoms with Crippen molar-refractivity contribution in [1.82, 2.24) is 0 Å². The first kappa shape index (κ1) is 14.6. The summed E-state index contributed by atoms with van der Waals surface area (Å²) in [5.74, 6) is 1.41. The number of methoxy groups -OCH3 is 1. The molecule has 0 fully saturated rings.